The summed E-state index contributed by atoms with van der Waals surface area (Å²) in [6.07, 6.45) is 5.95. The Kier molecular flexibility index (Phi) is 7.72. The summed E-state index contributed by atoms with van der Waals surface area (Å²) in [5, 5.41) is 3.29. The minimum absolute atomic E-state index is 0.246. The summed E-state index contributed by atoms with van der Waals surface area (Å²) in [6, 6.07) is 9.89. The fraction of sp³-hybridized carbons (Fsp3) is 0.458. The maximum Gasteiger partial charge on any atom is 0.244 e. The molecule has 32 heavy (non-hydrogen) atoms. The van der Waals surface area contributed by atoms with Gasteiger partial charge >= 0.3 is 0 Å². The summed E-state index contributed by atoms with van der Waals surface area (Å²) < 4.78 is 31.7. The Balaban J connectivity index is 1.85. The van der Waals surface area contributed by atoms with Crippen LogP contribution in [0.3, 0.4) is 0 Å². The smallest absolute Gasteiger partial charge is 0.244 e. The van der Waals surface area contributed by atoms with Gasteiger partial charge in [-0.2, -0.15) is 0 Å². The molecule has 174 valence electrons. The van der Waals surface area contributed by atoms with Gasteiger partial charge in [-0.15, -0.1) is 0 Å². The highest BCUT2D eigenvalue weighted by Gasteiger charge is 2.32. The van der Waals surface area contributed by atoms with E-state index in [2.05, 4.69) is 17.4 Å². The van der Waals surface area contributed by atoms with E-state index in [1.807, 2.05) is 13.0 Å². The number of anilines is 1. The zero-order chi connectivity index (χ0) is 23.5. The molecule has 0 saturated carbocycles. The van der Waals surface area contributed by atoms with Crippen molar-refractivity contribution in [3.05, 3.63) is 58.1 Å². The highest BCUT2D eigenvalue weighted by Crippen LogP contribution is 2.32. The number of halogens is 1. The Labute approximate surface area is 196 Å². The van der Waals surface area contributed by atoms with Gasteiger partial charge < -0.3 is 10.1 Å². The number of fused-ring (bicyclic) bond motifs is 1. The molecular formula is C24H31ClN2O4S. The second kappa shape index (κ2) is 10.1. The molecule has 0 aliphatic heterocycles. The lowest BCUT2D eigenvalue weighted by Crippen LogP contribution is -2.49. The average Bonchev–Trinajstić information content (AvgIpc) is 2.75. The monoisotopic (exact) mass is 478 g/mol. The number of carbonyl (C=O) groups is 1. The van der Waals surface area contributed by atoms with Crippen LogP contribution in [-0.4, -0.2) is 33.7 Å². The third-order valence-electron chi connectivity index (χ3n) is 5.95. The summed E-state index contributed by atoms with van der Waals surface area (Å²) in [5.74, 6) is 0.0810. The number of benzene rings is 2. The number of rotatable bonds is 8. The average molecular weight is 479 g/mol. The molecule has 0 heterocycles. The van der Waals surface area contributed by atoms with Crippen molar-refractivity contribution in [1.82, 2.24) is 5.32 Å². The Bertz CT molecular complexity index is 1090. The molecule has 1 N–H and O–H groups in total. The quantitative estimate of drug-likeness (QED) is 0.599. The molecule has 8 heteroatoms. The number of nitrogens with zero attached hydrogens (tertiary/aromatic N) is 1. The van der Waals surface area contributed by atoms with Crippen molar-refractivity contribution in [3.8, 4) is 5.75 Å². The van der Waals surface area contributed by atoms with Crippen molar-refractivity contribution in [2.24, 2.45) is 0 Å². The molecule has 3 rings (SSSR count). The van der Waals surface area contributed by atoms with Gasteiger partial charge in [0, 0.05) is 0 Å². The van der Waals surface area contributed by atoms with Crippen LogP contribution in [0.25, 0.3) is 0 Å². The third-order valence-corrected chi connectivity index (χ3v) is 7.43. The number of nitrogens with one attached hydrogen (secondary N) is 1. The maximum atomic E-state index is 13.2. The highest BCUT2D eigenvalue weighted by atomic mass is 35.5. The molecular weight excluding hydrogens is 448 g/mol. The van der Waals surface area contributed by atoms with Crippen LogP contribution in [0.1, 0.15) is 55.8 Å². The first-order valence-electron chi connectivity index (χ1n) is 10.9. The van der Waals surface area contributed by atoms with E-state index in [9.17, 15) is 13.2 Å². The zero-order valence-electron chi connectivity index (χ0n) is 19.0. The van der Waals surface area contributed by atoms with Crippen LogP contribution in [0.15, 0.2) is 36.4 Å². The van der Waals surface area contributed by atoms with Crippen LogP contribution < -0.4 is 14.4 Å². The van der Waals surface area contributed by atoms with Gasteiger partial charge in [0.1, 0.15) is 11.8 Å². The second-order valence-corrected chi connectivity index (χ2v) is 10.5. The van der Waals surface area contributed by atoms with E-state index in [4.69, 9.17) is 16.3 Å². The first-order chi connectivity index (χ1) is 15.2. The first-order valence-corrected chi connectivity index (χ1v) is 13.1. The Morgan fingerprint density at radius 2 is 1.84 bits per heavy atom. The summed E-state index contributed by atoms with van der Waals surface area (Å²) in [4.78, 5) is 13.2. The standard InChI is InChI=1S/C24H31ClN2O4S/c1-5-22(27(32(4,29)30)20-12-13-23(31-3)21(25)15-20)24(28)26-16(2)18-11-10-17-8-6-7-9-19(17)14-18/h10-16,22H,5-9H2,1-4H3,(H,26,28). The summed E-state index contributed by atoms with van der Waals surface area (Å²) in [6.45, 7) is 3.71. The van der Waals surface area contributed by atoms with Crippen LogP contribution in [0.2, 0.25) is 5.02 Å². The number of aryl methyl sites for hydroxylation is 2. The van der Waals surface area contributed by atoms with Gasteiger partial charge in [0.15, 0.2) is 0 Å². The van der Waals surface area contributed by atoms with Gasteiger partial charge in [0.05, 0.1) is 30.1 Å². The van der Waals surface area contributed by atoms with E-state index >= 15 is 0 Å². The molecule has 0 spiro atoms. The number of hydrogen-bond acceptors (Lipinski definition) is 4. The van der Waals surface area contributed by atoms with Gasteiger partial charge in [-0.25, -0.2) is 8.42 Å². The fourth-order valence-electron chi connectivity index (χ4n) is 4.27. The van der Waals surface area contributed by atoms with Crippen LogP contribution in [0, 0.1) is 0 Å². The molecule has 0 bridgehead atoms. The molecule has 2 aromatic carbocycles. The predicted molar refractivity (Wildman–Crippen MR) is 129 cm³/mol. The summed E-state index contributed by atoms with van der Waals surface area (Å²) in [7, 11) is -2.26. The van der Waals surface area contributed by atoms with Crippen molar-refractivity contribution in [1.29, 1.82) is 0 Å². The van der Waals surface area contributed by atoms with Crippen molar-refractivity contribution >= 4 is 33.2 Å². The number of methoxy groups -OCH3 is 1. The Morgan fingerprint density at radius 3 is 2.44 bits per heavy atom. The Morgan fingerprint density at radius 1 is 1.16 bits per heavy atom. The van der Waals surface area contributed by atoms with Crippen LogP contribution >= 0.6 is 11.6 Å². The molecule has 0 aromatic heterocycles. The summed E-state index contributed by atoms with van der Waals surface area (Å²) >= 11 is 6.23. The largest absolute Gasteiger partial charge is 0.495 e. The van der Waals surface area contributed by atoms with Crippen molar-refractivity contribution < 1.29 is 17.9 Å². The van der Waals surface area contributed by atoms with E-state index in [1.165, 1.54) is 37.1 Å². The van der Waals surface area contributed by atoms with Crippen LogP contribution in [0.4, 0.5) is 5.69 Å². The van der Waals surface area contributed by atoms with Gasteiger partial charge in [-0.3, -0.25) is 9.10 Å². The van der Waals surface area contributed by atoms with Crippen molar-refractivity contribution in [3.63, 3.8) is 0 Å². The highest BCUT2D eigenvalue weighted by molar-refractivity contribution is 7.92. The number of hydrogen-bond donors (Lipinski definition) is 1. The molecule has 0 saturated heterocycles. The van der Waals surface area contributed by atoms with Gasteiger partial charge in [-0.05, 0) is 73.9 Å². The maximum absolute atomic E-state index is 13.2. The molecule has 0 fully saturated rings. The second-order valence-electron chi connectivity index (χ2n) is 8.27. The topological polar surface area (TPSA) is 75.7 Å². The molecule has 1 aliphatic carbocycles. The molecule has 1 amide bonds. The minimum atomic E-state index is -3.75. The summed E-state index contributed by atoms with van der Waals surface area (Å²) in [5.41, 5.74) is 4.06. The van der Waals surface area contributed by atoms with Gasteiger partial charge in [-0.1, -0.05) is 36.7 Å². The minimum Gasteiger partial charge on any atom is -0.495 e. The number of ether oxygens (including phenoxy) is 1. The van der Waals surface area contributed by atoms with E-state index in [0.717, 1.165) is 29.0 Å². The lowest BCUT2D eigenvalue weighted by molar-refractivity contribution is -0.122. The number of amides is 1. The third kappa shape index (κ3) is 5.38. The van der Waals surface area contributed by atoms with E-state index in [-0.39, 0.29) is 17.0 Å². The van der Waals surface area contributed by atoms with Gasteiger partial charge in [0.25, 0.3) is 0 Å². The van der Waals surface area contributed by atoms with Crippen LogP contribution in [-0.2, 0) is 27.7 Å². The Hall–Kier alpha value is -2.25. The lowest BCUT2D eigenvalue weighted by Gasteiger charge is -2.31. The molecule has 2 aromatic rings. The normalized spacial score (nSPS) is 15.4. The number of carbonyl (C=O) groups excluding carboxylic acids is 1. The molecule has 2 unspecified atom stereocenters. The first kappa shape index (κ1) is 24.4. The molecule has 0 radical (unpaired) electrons. The SMILES string of the molecule is CCC(C(=O)NC(C)c1ccc2c(c1)CCCC2)N(c1ccc(OC)c(Cl)c1)S(C)(=O)=O. The van der Waals surface area contributed by atoms with E-state index in [0.29, 0.717) is 17.9 Å². The predicted octanol–water partition coefficient (Wildman–Crippen LogP) is 4.65. The zero-order valence-corrected chi connectivity index (χ0v) is 20.6. The number of sulfonamides is 1. The van der Waals surface area contributed by atoms with Crippen molar-refractivity contribution in [2.45, 2.75) is 58.0 Å². The molecule has 1 aliphatic rings. The van der Waals surface area contributed by atoms with Gasteiger partial charge in [0.2, 0.25) is 15.9 Å². The van der Waals surface area contributed by atoms with E-state index < -0.39 is 16.1 Å². The van der Waals surface area contributed by atoms with E-state index in [1.54, 1.807) is 19.1 Å². The molecule has 6 nitrogen and oxygen atoms in total. The van der Waals surface area contributed by atoms with Crippen molar-refractivity contribution in [2.75, 3.05) is 17.7 Å². The lowest BCUT2D eigenvalue weighted by atomic mass is 9.89. The molecule has 2 atom stereocenters. The fourth-order valence-corrected chi connectivity index (χ4v) is 5.72. The van der Waals surface area contributed by atoms with Crippen LogP contribution in [0.5, 0.6) is 5.75 Å².